The quantitative estimate of drug-likeness (QED) is 0.311. The number of β-lactam (4-membered cyclic amide) rings is 1. The molecule has 0 saturated carbocycles. The van der Waals surface area contributed by atoms with Crippen LogP contribution in [0.2, 0.25) is 0 Å². The highest BCUT2D eigenvalue weighted by atomic mass is 32.2. The first-order chi connectivity index (χ1) is 11.8. The Morgan fingerprint density at radius 2 is 2.04 bits per heavy atom. The van der Waals surface area contributed by atoms with Crippen LogP contribution in [0.3, 0.4) is 0 Å². The summed E-state index contributed by atoms with van der Waals surface area (Å²) in [6, 6.07) is -1.87. The van der Waals surface area contributed by atoms with Gasteiger partial charge >= 0.3 is 11.9 Å². The summed E-state index contributed by atoms with van der Waals surface area (Å²) in [6.07, 6.45) is 0.416. The molecule has 3 atom stereocenters. The van der Waals surface area contributed by atoms with E-state index in [1.54, 1.807) is 0 Å². The van der Waals surface area contributed by atoms with Crippen molar-refractivity contribution in [1.29, 1.82) is 0 Å². The van der Waals surface area contributed by atoms with Gasteiger partial charge in [-0.2, -0.15) is 0 Å². The number of nitrogens with zero attached hydrogens (tertiary/aromatic N) is 1. The van der Waals surface area contributed by atoms with Gasteiger partial charge in [0.15, 0.2) is 0 Å². The van der Waals surface area contributed by atoms with Crippen molar-refractivity contribution in [3.63, 3.8) is 0 Å². The van der Waals surface area contributed by atoms with Gasteiger partial charge in [-0.15, -0.1) is 11.8 Å². The fourth-order valence-electron chi connectivity index (χ4n) is 2.66. The van der Waals surface area contributed by atoms with Crippen molar-refractivity contribution in [2.75, 3.05) is 12.4 Å². The molecule has 25 heavy (non-hydrogen) atoms. The van der Waals surface area contributed by atoms with E-state index in [0.29, 0.717) is 0 Å². The van der Waals surface area contributed by atoms with Crippen LogP contribution >= 0.6 is 11.8 Å². The van der Waals surface area contributed by atoms with E-state index in [2.05, 4.69) is 5.32 Å². The Morgan fingerprint density at radius 1 is 1.36 bits per heavy atom. The molecule has 0 aliphatic carbocycles. The molecule has 0 aromatic rings. The van der Waals surface area contributed by atoms with Gasteiger partial charge in [0.1, 0.15) is 23.2 Å². The largest absolute Gasteiger partial charge is 0.480 e. The number of thioether (sulfide) groups is 1. The molecule has 2 unspecified atom stereocenters. The van der Waals surface area contributed by atoms with Gasteiger partial charge in [-0.1, -0.05) is 0 Å². The van der Waals surface area contributed by atoms with Gasteiger partial charge in [0.05, 0.1) is 6.61 Å². The summed E-state index contributed by atoms with van der Waals surface area (Å²) in [4.78, 5) is 47.1. The van der Waals surface area contributed by atoms with Gasteiger partial charge in [-0.3, -0.25) is 19.3 Å². The highest BCUT2D eigenvalue weighted by Gasteiger charge is 2.53. The molecule has 2 amide bonds. The van der Waals surface area contributed by atoms with Crippen LogP contribution in [0, 0.1) is 0 Å². The van der Waals surface area contributed by atoms with Crippen molar-refractivity contribution in [3.8, 4) is 0 Å². The zero-order valence-electron chi connectivity index (χ0n) is 13.2. The van der Waals surface area contributed by atoms with E-state index in [-0.39, 0.29) is 36.3 Å². The molecule has 11 heteroatoms. The molecule has 2 aliphatic heterocycles. The summed E-state index contributed by atoms with van der Waals surface area (Å²) in [6.45, 7) is -0.452. The average Bonchev–Trinajstić information content (AvgIpc) is 2.57. The van der Waals surface area contributed by atoms with Gasteiger partial charge < -0.3 is 26.4 Å². The molecule has 0 aromatic carbocycles. The predicted octanol–water partition coefficient (Wildman–Crippen LogP) is -1.70. The maximum absolute atomic E-state index is 12.2. The minimum atomic E-state index is -1.30. The molecule has 2 rings (SSSR count). The maximum Gasteiger partial charge on any atom is 0.352 e. The summed E-state index contributed by atoms with van der Waals surface area (Å²) in [5, 5.41) is 29.1. The van der Waals surface area contributed by atoms with Crippen LogP contribution in [-0.2, 0) is 19.2 Å². The summed E-state index contributed by atoms with van der Waals surface area (Å²) in [5.74, 6) is -3.15. The lowest BCUT2D eigenvalue weighted by Crippen LogP contribution is -2.70. The number of carboxylic acids is 2. The molecule has 138 valence electrons. The summed E-state index contributed by atoms with van der Waals surface area (Å²) in [5.41, 5.74) is 5.38. The molecule has 1 saturated heterocycles. The maximum atomic E-state index is 12.2. The van der Waals surface area contributed by atoms with E-state index in [0.717, 1.165) is 4.90 Å². The van der Waals surface area contributed by atoms with E-state index >= 15 is 0 Å². The first-order valence-electron chi connectivity index (χ1n) is 7.56. The molecule has 2 heterocycles. The van der Waals surface area contributed by atoms with Crippen molar-refractivity contribution in [1.82, 2.24) is 10.2 Å². The van der Waals surface area contributed by atoms with Gasteiger partial charge in [-0.05, 0) is 18.4 Å². The zero-order valence-corrected chi connectivity index (χ0v) is 14.0. The van der Waals surface area contributed by atoms with Crippen LogP contribution in [-0.4, -0.2) is 73.8 Å². The van der Waals surface area contributed by atoms with Crippen molar-refractivity contribution in [3.05, 3.63) is 11.3 Å². The van der Waals surface area contributed by atoms with Crippen molar-refractivity contribution in [2.45, 2.75) is 36.7 Å². The number of rotatable bonds is 8. The van der Waals surface area contributed by atoms with E-state index in [9.17, 15) is 29.4 Å². The fraction of sp³-hybridized carbons (Fsp3) is 0.571. The number of aliphatic hydroxyl groups is 1. The number of carbonyl (C=O) groups is 4. The number of amides is 2. The lowest BCUT2D eigenvalue weighted by molar-refractivity contribution is -0.150. The summed E-state index contributed by atoms with van der Waals surface area (Å²) in [7, 11) is 0. The lowest BCUT2D eigenvalue weighted by atomic mass is 10.0. The van der Waals surface area contributed by atoms with Crippen LogP contribution in [0.15, 0.2) is 11.3 Å². The number of hydrogen-bond donors (Lipinski definition) is 5. The van der Waals surface area contributed by atoms with Crippen LogP contribution in [0.5, 0.6) is 0 Å². The van der Waals surface area contributed by atoms with Crippen LogP contribution < -0.4 is 11.1 Å². The number of aliphatic hydroxyl groups excluding tert-OH is 1. The summed E-state index contributed by atoms with van der Waals surface area (Å²) >= 11 is 1.26. The Hall–Kier alpha value is -2.11. The first-order valence-corrected chi connectivity index (χ1v) is 8.61. The normalized spacial score (nSPS) is 23.6. The number of carbonyl (C=O) groups excluding carboxylic acids is 2. The van der Waals surface area contributed by atoms with Crippen LogP contribution in [0.1, 0.15) is 19.3 Å². The number of carboxylic acid groups (broad SMARTS) is 2. The number of aliphatic carboxylic acids is 2. The Labute approximate surface area is 147 Å². The monoisotopic (exact) mass is 373 g/mol. The van der Waals surface area contributed by atoms with Crippen molar-refractivity contribution >= 4 is 35.5 Å². The van der Waals surface area contributed by atoms with Gasteiger partial charge in [0, 0.05) is 12.2 Å². The Bertz CT molecular complexity index is 636. The zero-order chi connectivity index (χ0) is 18.7. The standard InChI is InChI=1S/C14H19N3O7S/c15-7(13(21)22)2-1-3-8(19)16-9-11(20)17-10(14(23)24)6(4-18)5-25-12(9)17/h7,9,12,18H,1-5,15H2,(H,16,19)(H,21,22)(H,23,24)/t7-,9?,12?/m1/s1. The number of nitrogens with two attached hydrogens (primary N) is 1. The number of fused-ring (bicyclic) bond motifs is 1. The molecular weight excluding hydrogens is 354 g/mol. The third-order valence-electron chi connectivity index (χ3n) is 3.99. The Morgan fingerprint density at radius 3 is 2.60 bits per heavy atom. The lowest BCUT2D eigenvalue weighted by Gasteiger charge is -2.49. The minimum absolute atomic E-state index is 0.0195. The number of hydrogen-bond acceptors (Lipinski definition) is 7. The van der Waals surface area contributed by atoms with Gasteiger partial charge in [-0.25, -0.2) is 4.79 Å². The molecule has 6 N–H and O–H groups in total. The molecule has 1 fully saturated rings. The van der Waals surface area contributed by atoms with Gasteiger partial charge in [0.25, 0.3) is 5.91 Å². The van der Waals surface area contributed by atoms with Gasteiger partial charge in [0.2, 0.25) is 5.91 Å². The smallest absolute Gasteiger partial charge is 0.352 e. The molecule has 0 aromatic heterocycles. The van der Waals surface area contributed by atoms with Crippen molar-refractivity contribution < 1.29 is 34.5 Å². The molecule has 0 spiro atoms. The fourth-order valence-corrected chi connectivity index (χ4v) is 3.99. The highest BCUT2D eigenvalue weighted by molar-refractivity contribution is 8.00. The molecule has 0 bridgehead atoms. The van der Waals surface area contributed by atoms with Crippen LogP contribution in [0.4, 0.5) is 0 Å². The molecule has 10 nitrogen and oxygen atoms in total. The SMILES string of the molecule is N[C@H](CCCC(=O)NC1C(=O)N2C(C(=O)O)=C(CO)CSC12)C(=O)O. The second kappa shape index (κ2) is 7.85. The van der Waals surface area contributed by atoms with E-state index in [1.807, 2.05) is 0 Å². The molecule has 0 radical (unpaired) electrons. The first kappa shape index (κ1) is 19.2. The Kier molecular flexibility index (Phi) is 6.03. The topological polar surface area (TPSA) is 170 Å². The predicted molar refractivity (Wildman–Crippen MR) is 86.2 cm³/mol. The second-order valence-corrected chi connectivity index (χ2v) is 6.81. The van der Waals surface area contributed by atoms with E-state index in [1.165, 1.54) is 11.8 Å². The Balaban J connectivity index is 1.91. The molecule has 2 aliphatic rings. The van der Waals surface area contributed by atoms with E-state index < -0.39 is 47.8 Å². The van der Waals surface area contributed by atoms with Crippen molar-refractivity contribution in [2.24, 2.45) is 5.73 Å². The van der Waals surface area contributed by atoms with E-state index in [4.69, 9.17) is 10.8 Å². The molecular formula is C14H19N3O7S. The van der Waals surface area contributed by atoms with Crippen LogP contribution in [0.25, 0.3) is 0 Å². The number of nitrogens with one attached hydrogen (secondary N) is 1. The summed E-state index contributed by atoms with van der Waals surface area (Å²) < 4.78 is 0. The highest BCUT2D eigenvalue weighted by Crippen LogP contribution is 2.40. The minimum Gasteiger partial charge on any atom is -0.480 e. The third-order valence-corrected chi connectivity index (χ3v) is 5.33. The third kappa shape index (κ3) is 3.94. The second-order valence-electron chi connectivity index (χ2n) is 5.71. The average molecular weight is 373 g/mol.